The lowest BCUT2D eigenvalue weighted by Crippen LogP contribution is -2.67. The van der Waals surface area contributed by atoms with Gasteiger partial charge in [0.05, 0.1) is 16.7 Å². The van der Waals surface area contributed by atoms with E-state index in [1.54, 1.807) is 0 Å². The van der Waals surface area contributed by atoms with E-state index in [4.69, 9.17) is 11.6 Å². The van der Waals surface area contributed by atoms with Crippen LogP contribution in [-0.2, 0) is 14.4 Å². The van der Waals surface area contributed by atoms with Crippen LogP contribution in [0, 0.1) is 23.1 Å². The van der Waals surface area contributed by atoms with Crippen molar-refractivity contribution in [3.63, 3.8) is 0 Å². The van der Waals surface area contributed by atoms with Gasteiger partial charge in [-0.05, 0) is 73.1 Å². The van der Waals surface area contributed by atoms with Crippen molar-refractivity contribution in [3.05, 3.63) is 76.2 Å². The lowest BCUT2D eigenvalue weighted by molar-refractivity contribution is -0.135. The number of nitrogens with zero attached hydrogens (tertiary/aromatic N) is 4. The van der Waals surface area contributed by atoms with Crippen molar-refractivity contribution in [3.8, 4) is 6.07 Å². The number of alkyl halides is 2. The van der Waals surface area contributed by atoms with Crippen LogP contribution in [0.3, 0.4) is 0 Å². The molecule has 2 heterocycles. The number of hydrogen-bond acceptors (Lipinski definition) is 5. The third kappa shape index (κ3) is 4.95. The van der Waals surface area contributed by atoms with E-state index in [1.165, 1.54) is 40.3 Å². The molecule has 1 aromatic carbocycles. The zero-order valence-corrected chi connectivity index (χ0v) is 24.6. The highest BCUT2D eigenvalue weighted by Crippen LogP contribution is 2.50. The summed E-state index contributed by atoms with van der Waals surface area (Å²) in [6, 6.07) is 6.73. The van der Waals surface area contributed by atoms with Crippen molar-refractivity contribution in [2.75, 3.05) is 9.80 Å². The molecule has 1 unspecified atom stereocenters. The Morgan fingerprint density at radius 1 is 1.20 bits per heavy atom. The molecule has 3 aliphatic carbocycles. The number of anilines is 2. The number of carbonyl (C=O) groups excluding carboxylic acids is 3. The van der Waals surface area contributed by atoms with E-state index in [0.717, 1.165) is 11.6 Å². The number of benzene rings is 1. The summed E-state index contributed by atoms with van der Waals surface area (Å²) in [5, 5.41) is 12.0. The molecule has 8 nitrogen and oxygen atoms in total. The molecule has 0 spiro atoms. The summed E-state index contributed by atoms with van der Waals surface area (Å²) in [6.07, 6.45) is 5.42. The molecule has 1 N–H and O–H groups in total. The van der Waals surface area contributed by atoms with Gasteiger partial charge >= 0.3 is 0 Å². The third-order valence-corrected chi connectivity index (χ3v) is 9.34. The van der Waals surface area contributed by atoms with E-state index in [1.807, 2.05) is 25.1 Å². The summed E-state index contributed by atoms with van der Waals surface area (Å²) in [5.41, 5.74) is 0.0974. The van der Waals surface area contributed by atoms with E-state index in [9.17, 15) is 28.4 Å². The van der Waals surface area contributed by atoms with Gasteiger partial charge in [-0.25, -0.2) is 18.2 Å². The van der Waals surface area contributed by atoms with Gasteiger partial charge in [0, 0.05) is 37.2 Å². The average molecular weight is 624 g/mol. The number of pyridine rings is 1. The molecule has 3 amide bonds. The summed E-state index contributed by atoms with van der Waals surface area (Å²) >= 11 is 6.02. The quantitative estimate of drug-likeness (QED) is 0.450. The van der Waals surface area contributed by atoms with E-state index < -0.39 is 59.9 Å². The zero-order chi connectivity index (χ0) is 31.4. The van der Waals surface area contributed by atoms with Crippen molar-refractivity contribution in [2.45, 2.75) is 75.4 Å². The Morgan fingerprint density at radius 2 is 1.98 bits per heavy atom. The number of halogens is 4. The number of nitriles is 1. The number of nitrogens with one attached hydrogen (secondary N) is 1. The van der Waals surface area contributed by atoms with Crippen molar-refractivity contribution in [2.24, 2.45) is 5.92 Å². The standard InChI is InChI=1S/C32H29ClF3N5O3/c1-18-3-2-4-20-9-11-32(28(18)20,30(44)39-21-15-31(35,36)16-21)41(22-5-6-23(33)24(34)14-22)29(43)25-7-8-27(42)40(25)26-13-19(17-37)10-12-38-26/h2,4-6,10,12-14,18,21,25H,3,7-9,11,15-16H2,1H3,(H,39,44)/t18?,25-,32+/m0/s1. The molecule has 6 rings (SSSR count). The fraction of sp³-hybridized carbons (Fsp3) is 0.406. The minimum Gasteiger partial charge on any atom is -0.351 e. The summed E-state index contributed by atoms with van der Waals surface area (Å²) in [4.78, 5) is 49.3. The van der Waals surface area contributed by atoms with Gasteiger partial charge in [0.15, 0.2) is 0 Å². The minimum absolute atomic E-state index is 0.00112. The first-order valence-electron chi connectivity index (χ1n) is 14.5. The second-order valence-corrected chi connectivity index (χ2v) is 12.3. The maximum absolute atomic E-state index is 15.1. The van der Waals surface area contributed by atoms with Gasteiger partial charge in [0.2, 0.25) is 5.91 Å². The first-order chi connectivity index (χ1) is 20.9. The second-order valence-electron chi connectivity index (χ2n) is 11.9. The predicted molar refractivity (Wildman–Crippen MR) is 156 cm³/mol. The highest BCUT2D eigenvalue weighted by molar-refractivity contribution is 6.30. The van der Waals surface area contributed by atoms with E-state index in [0.29, 0.717) is 18.4 Å². The number of amides is 3. The Labute approximate surface area is 257 Å². The van der Waals surface area contributed by atoms with Gasteiger partial charge in [0.25, 0.3) is 17.7 Å². The maximum Gasteiger partial charge on any atom is 0.252 e. The molecule has 1 saturated carbocycles. The Balaban J connectivity index is 1.51. The normalized spacial score (nSPS) is 25.8. The SMILES string of the molecule is CC1CC=CC2=C1[C@](C(=O)NC1CC(F)(F)C1)(N(C(=O)[C@@H]1CCC(=O)N1c1cc(C#N)ccn1)c1ccc(Cl)c(F)c1)CC2. The fourth-order valence-corrected chi connectivity index (χ4v) is 7.17. The number of hydrogen-bond donors (Lipinski definition) is 1. The summed E-state index contributed by atoms with van der Waals surface area (Å²) in [5.74, 6) is -5.50. The molecule has 1 saturated heterocycles. The summed E-state index contributed by atoms with van der Waals surface area (Å²) in [6.45, 7) is 1.93. The Hall–Kier alpha value is -4.17. The van der Waals surface area contributed by atoms with Crippen LogP contribution in [0.25, 0.3) is 0 Å². The number of aromatic nitrogens is 1. The molecule has 2 fully saturated rings. The first-order valence-corrected chi connectivity index (χ1v) is 14.9. The van der Waals surface area contributed by atoms with E-state index in [2.05, 4.69) is 10.3 Å². The molecule has 1 aromatic heterocycles. The maximum atomic E-state index is 15.1. The van der Waals surface area contributed by atoms with Crippen molar-refractivity contribution < 1.29 is 27.6 Å². The van der Waals surface area contributed by atoms with Crippen LogP contribution in [0.15, 0.2) is 59.8 Å². The minimum atomic E-state index is -2.89. The van der Waals surface area contributed by atoms with Crippen LogP contribution in [0.5, 0.6) is 0 Å². The molecule has 228 valence electrons. The number of allylic oxidation sites excluding steroid dienone is 3. The molecule has 0 radical (unpaired) electrons. The van der Waals surface area contributed by atoms with E-state index >= 15 is 4.39 Å². The lowest BCUT2D eigenvalue weighted by Gasteiger charge is -2.47. The van der Waals surface area contributed by atoms with Gasteiger partial charge in [-0.3, -0.25) is 24.2 Å². The van der Waals surface area contributed by atoms with Crippen molar-refractivity contribution in [1.82, 2.24) is 10.3 Å². The summed E-state index contributed by atoms with van der Waals surface area (Å²) in [7, 11) is 0. The van der Waals surface area contributed by atoms with Gasteiger partial charge in [0.1, 0.15) is 23.2 Å². The smallest absolute Gasteiger partial charge is 0.252 e. The van der Waals surface area contributed by atoms with Crippen LogP contribution in [-0.4, -0.2) is 46.3 Å². The summed E-state index contributed by atoms with van der Waals surface area (Å²) < 4.78 is 42.7. The topological polar surface area (TPSA) is 106 Å². The average Bonchev–Trinajstić information content (AvgIpc) is 3.56. The van der Waals surface area contributed by atoms with Crippen LogP contribution in [0.4, 0.5) is 24.7 Å². The number of carbonyl (C=O) groups is 3. The monoisotopic (exact) mass is 623 g/mol. The zero-order valence-electron chi connectivity index (χ0n) is 23.8. The van der Waals surface area contributed by atoms with E-state index in [-0.39, 0.29) is 47.3 Å². The number of rotatable bonds is 6. The van der Waals surface area contributed by atoms with Crippen LogP contribution < -0.4 is 15.1 Å². The molecular weight excluding hydrogens is 595 g/mol. The molecule has 3 atom stereocenters. The van der Waals surface area contributed by atoms with Crippen molar-refractivity contribution >= 4 is 40.8 Å². The molecule has 1 aliphatic heterocycles. The Morgan fingerprint density at radius 3 is 2.68 bits per heavy atom. The highest BCUT2D eigenvalue weighted by atomic mass is 35.5. The van der Waals surface area contributed by atoms with Gasteiger partial charge in [-0.1, -0.05) is 30.7 Å². The Bertz CT molecular complexity index is 1660. The molecular formula is C32H29ClF3N5O3. The predicted octanol–water partition coefficient (Wildman–Crippen LogP) is 5.61. The first kappa shape index (κ1) is 29.9. The third-order valence-electron chi connectivity index (χ3n) is 9.03. The van der Waals surface area contributed by atoms with Gasteiger partial charge in [-0.2, -0.15) is 5.26 Å². The van der Waals surface area contributed by atoms with Crippen molar-refractivity contribution in [1.29, 1.82) is 5.26 Å². The van der Waals surface area contributed by atoms with Crippen LogP contribution in [0.2, 0.25) is 5.02 Å². The van der Waals surface area contributed by atoms with Crippen LogP contribution >= 0.6 is 11.6 Å². The second kappa shape index (κ2) is 11.1. The lowest BCUT2D eigenvalue weighted by atomic mass is 9.76. The fourth-order valence-electron chi connectivity index (χ4n) is 7.05. The molecule has 12 heteroatoms. The largest absolute Gasteiger partial charge is 0.351 e. The van der Waals surface area contributed by atoms with Gasteiger partial charge < -0.3 is 5.32 Å². The molecule has 2 aromatic rings. The van der Waals surface area contributed by atoms with Crippen LogP contribution in [0.1, 0.15) is 57.4 Å². The molecule has 0 bridgehead atoms. The Kier molecular flexibility index (Phi) is 7.52. The molecule has 4 aliphatic rings. The van der Waals surface area contributed by atoms with Gasteiger partial charge in [-0.15, -0.1) is 0 Å². The molecule has 44 heavy (non-hydrogen) atoms. The highest BCUT2D eigenvalue weighted by Gasteiger charge is 2.58.